The summed E-state index contributed by atoms with van der Waals surface area (Å²) in [6.45, 7) is 18.4. The summed E-state index contributed by atoms with van der Waals surface area (Å²) in [6, 6.07) is 0. The average Bonchev–Trinajstić information content (AvgIpc) is 1.95. The van der Waals surface area contributed by atoms with E-state index in [1.807, 2.05) is 0 Å². The van der Waals surface area contributed by atoms with Crippen molar-refractivity contribution in [2.24, 2.45) is 0 Å². The van der Waals surface area contributed by atoms with Crippen molar-refractivity contribution in [3.63, 3.8) is 0 Å². The first kappa shape index (κ1) is 13.7. The second-order valence-corrected chi connectivity index (χ2v) is 16.0. The molecule has 0 aliphatic heterocycles. The monoisotopic (exact) mass is 224 g/mol. The highest BCUT2D eigenvalue weighted by atomic mass is 28.3. The molecule has 14 heavy (non-hydrogen) atoms. The molecule has 0 bridgehead atoms. The lowest BCUT2D eigenvalue weighted by Gasteiger charge is -2.18. The van der Waals surface area contributed by atoms with E-state index < -0.39 is 16.1 Å². The lowest BCUT2D eigenvalue weighted by molar-refractivity contribution is 1.42. The predicted molar refractivity (Wildman–Crippen MR) is 72.8 cm³/mol. The number of rotatable bonds is 1. The Hall–Kier alpha value is -0.266. The fourth-order valence-electron chi connectivity index (χ4n) is 0.938. The van der Waals surface area contributed by atoms with Gasteiger partial charge in [-0.3, -0.25) is 0 Å². The van der Waals surface area contributed by atoms with E-state index in [9.17, 15) is 0 Å². The van der Waals surface area contributed by atoms with Crippen LogP contribution in [0.25, 0.3) is 0 Å². The van der Waals surface area contributed by atoms with Crippen LogP contribution >= 0.6 is 0 Å². The van der Waals surface area contributed by atoms with E-state index in [-0.39, 0.29) is 0 Å². The zero-order chi connectivity index (χ0) is 11.6. The number of allylic oxidation sites excluding steroid dienone is 2. The lowest BCUT2D eigenvalue weighted by atomic mass is 10.3. The van der Waals surface area contributed by atoms with Gasteiger partial charge in [-0.2, -0.15) is 0 Å². The van der Waals surface area contributed by atoms with Gasteiger partial charge in [0.05, 0.1) is 8.07 Å². The first-order valence-electron chi connectivity index (χ1n) is 5.25. The SMILES string of the molecule is C/C(C#C[Si](C)(C)C)=C(\C)[Si](C)(C)C. The number of hydrogen-bond donors (Lipinski definition) is 0. The van der Waals surface area contributed by atoms with E-state index in [1.165, 1.54) is 5.57 Å². The van der Waals surface area contributed by atoms with Crippen LogP contribution in [0, 0.1) is 11.5 Å². The summed E-state index contributed by atoms with van der Waals surface area (Å²) in [5.41, 5.74) is 4.74. The molecule has 80 valence electrons. The third kappa shape index (κ3) is 5.46. The molecule has 0 aliphatic rings. The Labute approximate surface area is 91.8 Å². The van der Waals surface area contributed by atoms with Crippen LogP contribution in [0.1, 0.15) is 13.8 Å². The van der Waals surface area contributed by atoms with Gasteiger partial charge in [0.1, 0.15) is 8.07 Å². The quantitative estimate of drug-likeness (QED) is 0.465. The Balaban J connectivity index is 4.94. The van der Waals surface area contributed by atoms with Crippen molar-refractivity contribution in [1.82, 2.24) is 0 Å². The van der Waals surface area contributed by atoms with Crippen LogP contribution in [0.2, 0.25) is 39.3 Å². The molecule has 0 spiro atoms. The molecular weight excluding hydrogens is 200 g/mol. The van der Waals surface area contributed by atoms with Gasteiger partial charge in [-0.1, -0.05) is 50.4 Å². The zero-order valence-electron chi connectivity index (χ0n) is 11.0. The second kappa shape index (κ2) is 4.50. The summed E-state index contributed by atoms with van der Waals surface area (Å²) in [5, 5.41) is 1.54. The second-order valence-electron chi connectivity index (χ2n) is 6.00. The lowest BCUT2D eigenvalue weighted by Crippen LogP contribution is -2.23. The Morgan fingerprint density at radius 2 is 1.29 bits per heavy atom. The van der Waals surface area contributed by atoms with Crippen molar-refractivity contribution in [1.29, 1.82) is 0 Å². The van der Waals surface area contributed by atoms with Crippen LogP contribution in [0.3, 0.4) is 0 Å². The molecule has 0 rings (SSSR count). The summed E-state index contributed by atoms with van der Waals surface area (Å²) in [6.07, 6.45) is 0. The van der Waals surface area contributed by atoms with E-state index in [0.717, 1.165) is 0 Å². The van der Waals surface area contributed by atoms with Crippen molar-refractivity contribution in [2.75, 3.05) is 0 Å². The molecule has 0 aromatic carbocycles. The maximum absolute atomic E-state index is 3.43. The molecule has 0 saturated carbocycles. The molecule has 0 nitrogen and oxygen atoms in total. The van der Waals surface area contributed by atoms with Crippen LogP contribution in [0.4, 0.5) is 0 Å². The maximum Gasteiger partial charge on any atom is 0.129 e. The Morgan fingerprint density at radius 3 is 1.57 bits per heavy atom. The van der Waals surface area contributed by atoms with Crippen molar-refractivity contribution in [2.45, 2.75) is 53.1 Å². The molecule has 0 unspecified atom stereocenters. The highest BCUT2D eigenvalue weighted by Crippen LogP contribution is 2.17. The van der Waals surface area contributed by atoms with E-state index >= 15 is 0 Å². The number of hydrogen-bond acceptors (Lipinski definition) is 0. The molecule has 0 fully saturated rings. The van der Waals surface area contributed by atoms with Gasteiger partial charge in [-0.25, -0.2) is 0 Å². The highest BCUT2D eigenvalue weighted by Gasteiger charge is 2.17. The molecular formula is C12H24Si2. The van der Waals surface area contributed by atoms with Gasteiger partial charge >= 0.3 is 0 Å². The largest absolute Gasteiger partial charge is 0.129 e. The summed E-state index contributed by atoms with van der Waals surface area (Å²) >= 11 is 0. The van der Waals surface area contributed by atoms with Crippen LogP contribution in [-0.2, 0) is 0 Å². The third-order valence-corrected chi connectivity index (χ3v) is 5.81. The summed E-state index contributed by atoms with van der Waals surface area (Å²) in [5.74, 6) is 3.35. The normalized spacial score (nSPS) is 14.3. The van der Waals surface area contributed by atoms with Crippen molar-refractivity contribution >= 4 is 16.1 Å². The molecule has 0 aromatic heterocycles. The van der Waals surface area contributed by atoms with Gasteiger partial charge in [-0.05, 0) is 19.4 Å². The van der Waals surface area contributed by atoms with Gasteiger partial charge in [-0.15, -0.1) is 5.54 Å². The fraction of sp³-hybridized carbons (Fsp3) is 0.667. The third-order valence-electron chi connectivity index (χ3n) is 2.31. The molecule has 0 N–H and O–H groups in total. The molecule has 0 radical (unpaired) electrons. The van der Waals surface area contributed by atoms with E-state index in [1.54, 1.807) is 5.20 Å². The molecule has 0 aliphatic carbocycles. The average molecular weight is 224 g/mol. The zero-order valence-corrected chi connectivity index (χ0v) is 13.0. The molecule has 0 atom stereocenters. The van der Waals surface area contributed by atoms with E-state index in [0.29, 0.717) is 0 Å². The Bertz CT molecular complexity index is 287. The van der Waals surface area contributed by atoms with Crippen molar-refractivity contribution in [3.8, 4) is 11.5 Å². The first-order valence-corrected chi connectivity index (χ1v) is 12.2. The summed E-state index contributed by atoms with van der Waals surface area (Å²) < 4.78 is 0. The maximum atomic E-state index is 3.43. The van der Waals surface area contributed by atoms with Gasteiger partial charge in [0.15, 0.2) is 0 Å². The Morgan fingerprint density at radius 1 is 0.857 bits per heavy atom. The van der Waals surface area contributed by atoms with Gasteiger partial charge < -0.3 is 0 Å². The minimum Gasteiger partial charge on any atom is -0.127 e. The summed E-state index contributed by atoms with van der Waals surface area (Å²) in [7, 11) is -2.33. The van der Waals surface area contributed by atoms with Crippen LogP contribution < -0.4 is 0 Å². The van der Waals surface area contributed by atoms with Crippen molar-refractivity contribution in [3.05, 3.63) is 10.8 Å². The van der Waals surface area contributed by atoms with Crippen LogP contribution in [0.5, 0.6) is 0 Å². The Kier molecular flexibility index (Phi) is 4.42. The summed E-state index contributed by atoms with van der Waals surface area (Å²) in [4.78, 5) is 0. The smallest absolute Gasteiger partial charge is 0.127 e. The molecule has 0 saturated heterocycles. The fourth-order valence-corrected chi connectivity index (χ4v) is 2.69. The molecule has 0 aromatic rings. The van der Waals surface area contributed by atoms with Gasteiger partial charge in [0.25, 0.3) is 0 Å². The highest BCUT2D eigenvalue weighted by molar-refractivity contribution is 6.84. The van der Waals surface area contributed by atoms with Crippen LogP contribution in [0.15, 0.2) is 10.8 Å². The van der Waals surface area contributed by atoms with E-state index in [4.69, 9.17) is 0 Å². The molecule has 0 amide bonds. The topological polar surface area (TPSA) is 0 Å². The van der Waals surface area contributed by atoms with Gasteiger partial charge in [0, 0.05) is 0 Å². The van der Waals surface area contributed by atoms with Gasteiger partial charge in [0.2, 0.25) is 0 Å². The first-order chi connectivity index (χ1) is 6.04. The minimum atomic E-state index is -1.20. The predicted octanol–water partition coefficient (Wildman–Crippen LogP) is 4.08. The molecule has 2 heteroatoms. The minimum absolute atomic E-state index is 1.13. The standard InChI is InChI=1S/C12H24Si2/c1-11(9-10-13(3,4)5)12(2)14(6,7)8/h1-8H3/b12-11-. The van der Waals surface area contributed by atoms with E-state index in [2.05, 4.69) is 64.6 Å². The van der Waals surface area contributed by atoms with Crippen molar-refractivity contribution < 1.29 is 0 Å². The molecule has 0 heterocycles. The van der Waals surface area contributed by atoms with Crippen LogP contribution in [-0.4, -0.2) is 16.1 Å².